The molecule has 2 aliphatic rings. The number of hydrogen-bond donors (Lipinski definition) is 2. The largest absolute Gasteiger partial charge is 0.383 e. The fourth-order valence-electron chi connectivity index (χ4n) is 4.65. The zero-order chi connectivity index (χ0) is 19.7. The third-order valence-electron chi connectivity index (χ3n) is 5.87. The second kappa shape index (κ2) is 7.88. The Bertz CT molecular complexity index is 813. The van der Waals surface area contributed by atoms with Crippen LogP contribution in [0.1, 0.15) is 39.5 Å². The van der Waals surface area contributed by atoms with Crippen molar-refractivity contribution in [2.75, 3.05) is 30.9 Å². The zero-order valence-corrected chi connectivity index (χ0v) is 16.4. The molecule has 3 unspecified atom stereocenters. The number of carbonyl (C=O) groups excluding carboxylic acids is 1. The first kappa shape index (κ1) is 19.7. The Morgan fingerprint density at radius 3 is 2.63 bits per heavy atom. The summed E-state index contributed by atoms with van der Waals surface area (Å²) in [7, 11) is 1.55. The predicted octanol–water partition coefficient (Wildman–Crippen LogP) is 1.19. The molecular weight excluding hydrogens is 348 g/mol. The van der Waals surface area contributed by atoms with Gasteiger partial charge in [0.05, 0.1) is 6.61 Å². The lowest BCUT2D eigenvalue weighted by Crippen LogP contribution is -2.45. The normalized spacial score (nSPS) is 23.9. The van der Waals surface area contributed by atoms with E-state index in [1.54, 1.807) is 7.11 Å². The van der Waals surface area contributed by atoms with Crippen molar-refractivity contribution >= 4 is 17.4 Å². The molecule has 0 saturated heterocycles. The summed E-state index contributed by atoms with van der Waals surface area (Å²) in [5.74, 6) is 1.05. The van der Waals surface area contributed by atoms with Crippen LogP contribution in [0.25, 0.3) is 0 Å². The molecule has 1 aromatic rings. The van der Waals surface area contributed by atoms with Crippen LogP contribution >= 0.6 is 0 Å². The zero-order valence-electron chi connectivity index (χ0n) is 16.4. The molecule has 2 aliphatic carbocycles. The van der Waals surface area contributed by atoms with E-state index < -0.39 is 11.2 Å². The Morgan fingerprint density at radius 1 is 1.33 bits per heavy atom. The fraction of sp³-hybridized carbons (Fsp3) is 0.737. The fourth-order valence-corrected chi connectivity index (χ4v) is 4.65. The third kappa shape index (κ3) is 3.81. The smallest absolute Gasteiger partial charge is 0.330 e. The van der Waals surface area contributed by atoms with Crippen LogP contribution in [0.3, 0.4) is 0 Å². The quantitative estimate of drug-likeness (QED) is 0.740. The maximum Gasteiger partial charge on any atom is 0.330 e. The average molecular weight is 378 g/mol. The average Bonchev–Trinajstić information content (AvgIpc) is 3.24. The Balaban J connectivity index is 2.01. The summed E-state index contributed by atoms with van der Waals surface area (Å²) in [4.78, 5) is 41.9. The number of nitrogen functional groups attached to an aromatic ring is 1. The van der Waals surface area contributed by atoms with Gasteiger partial charge in [-0.3, -0.25) is 19.1 Å². The number of anilines is 2. The van der Waals surface area contributed by atoms with E-state index in [1.165, 1.54) is 15.9 Å². The van der Waals surface area contributed by atoms with Gasteiger partial charge < -0.3 is 15.4 Å². The van der Waals surface area contributed by atoms with Gasteiger partial charge in [0.25, 0.3) is 5.56 Å². The number of nitrogens with two attached hydrogens (primary N) is 1. The van der Waals surface area contributed by atoms with Gasteiger partial charge in [-0.15, -0.1) is 0 Å². The van der Waals surface area contributed by atoms with Crippen LogP contribution in [0.4, 0.5) is 11.5 Å². The van der Waals surface area contributed by atoms with Crippen molar-refractivity contribution in [3.8, 4) is 0 Å². The first-order chi connectivity index (χ1) is 12.8. The van der Waals surface area contributed by atoms with Crippen molar-refractivity contribution in [3.05, 3.63) is 20.8 Å². The third-order valence-corrected chi connectivity index (χ3v) is 5.87. The van der Waals surface area contributed by atoms with E-state index in [0.29, 0.717) is 18.4 Å². The van der Waals surface area contributed by atoms with Crippen LogP contribution in [0.15, 0.2) is 9.59 Å². The predicted molar refractivity (Wildman–Crippen MR) is 104 cm³/mol. The van der Waals surface area contributed by atoms with Crippen LogP contribution in [-0.4, -0.2) is 35.7 Å². The lowest BCUT2D eigenvalue weighted by molar-refractivity contribution is -0.124. The van der Waals surface area contributed by atoms with Gasteiger partial charge in [-0.25, -0.2) is 4.79 Å². The second-order valence-electron chi connectivity index (χ2n) is 8.26. The van der Waals surface area contributed by atoms with Gasteiger partial charge in [0.2, 0.25) is 5.91 Å². The summed E-state index contributed by atoms with van der Waals surface area (Å²) in [6, 6.07) is 0. The number of aromatic amines is 1. The molecule has 0 radical (unpaired) electrons. The summed E-state index contributed by atoms with van der Waals surface area (Å²) in [6.45, 7) is 4.81. The highest BCUT2D eigenvalue weighted by Crippen LogP contribution is 2.49. The van der Waals surface area contributed by atoms with E-state index in [2.05, 4.69) is 4.98 Å². The van der Waals surface area contributed by atoms with Crippen LogP contribution in [-0.2, 0) is 16.1 Å². The summed E-state index contributed by atoms with van der Waals surface area (Å²) < 4.78 is 6.49. The minimum atomic E-state index is -0.620. The number of hydrogen-bond acceptors (Lipinski definition) is 5. The molecule has 0 spiro atoms. The number of H-pyrrole nitrogens is 1. The maximum atomic E-state index is 13.3. The minimum Gasteiger partial charge on any atom is -0.383 e. The van der Waals surface area contributed by atoms with Gasteiger partial charge in [0, 0.05) is 26.1 Å². The topological polar surface area (TPSA) is 110 Å². The number of nitrogens with zero attached hydrogens (tertiary/aromatic N) is 2. The molecule has 2 fully saturated rings. The van der Waals surface area contributed by atoms with Gasteiger partial charge in [0.15, 0.2) is 5.69 Å². The Kier molecular flexibility index (Phi) is 5.74. The van der Waals surface area contributed by atoms with Crippen molar-refractivity contribution < 1.29 is 9.53 Å². The molecule has 2 saturated carbocycles. The van der Waals surface area contributed by atoms with Crippen LogP contribution < -0.4 is 21.9 Å². The Morgan fingerprint density at radius 2 is 2.07 bits per heavy atom. The lowest BCUT2D eigenvalue weighted by atomic mass is 9.87. The first-order valence-electron chi connectivity index (χ1n) is 9.76. The number of ether oxygens (including phenoxy) is 1. The standard InChI is InChI=1S/C19H30N4O4/c1-11(2)10-23-16(20)15(17(24)21-19(23)26)22(6-7-27-3)18(25)14-9-12-4-5-13(14)8-12/h11-14H,4-10,20H2,1-3H3,(H,21,24,26). The van der Waals surface area contributed by atoms with Crippen LogP contribution in [0, 0.1) is 23.7 Å². The molecule has 8 heteroatoms. The Hall–Kier alpha value is -2.09. The number of fused-ring (bicyclic) bond motifs is 2. The van der Waals surface area contributed by atoms with E-state index in [0.717, 1.165) is 19.3 Å². The number of aromatic nitrogens is 2. The molecule has 0 aromatic carbocycles. The Labute approximate surface area is 158 Å². The summed E-state index contributed by atoms with van der Waals surface area (Å²) in [5.41, 5.74) is 5.13. The number of rotatable bonds is 7. The number of amides is 1. The van der Waals surface area contributed by atoms with E-state index in [-0.39, 0.29) is 42.4 Å². The highest BCUT2D eigenvalue weighted by molar-refractivity contribution is 5.97. The minimum absolute atomic E-state index is 0.0464. The molecule has 27 heavy (non-hydrogen) atoms. The molecule has 150 valence electrons. The summed E-state index contributed by atoms with van der Waals surface area (Å²) in [6.07, 6.45) is 4.22. The summed E-state index contributed by atoms with van der Waals surface area (Å²) >= 11 is 0. The van der Waals surface area contributed by atoms with Gasteiger partial charge in [-0.2, -0.15) is 0 Å². The molecule has 3 N–H and O–H groups in total. The lowest BCUT2D eigenvalue weighted by Gasteiger charge is -2.30. The van der Waals surface area contributed by atoms with Crippen molar-refractivity contribution in [2.24, 2.45) is 23.7 Å². The van der Waals surface area contributed by atoms with E-state index in [9.17, 15) is 14.4 Å². The van der Waals surface area contributed by atoms with Crippen LogP contribution in [0.2, 0.25) is 0 Å². The van der Waals surface area contributed by atoms with Crippen molar-refractivity contribution in [1.82, 2.24) is 9.55 Å². The molecular formula is C19H30N4O4. The van der Waals surface area contributed by atoms with E-state index >= 15 is 0 Å². The molecule has 1 aromatic heterocycles. The van der Waals surface area contributed by atoms with Gasteiger partial charge in [0.1, 0.15) is 5.82 Å². The number of nitrogens with one attached hydrogen (secondary N) is 1. The molecule has 1 heterocycles. The SMILES string of the molecule is COCCN(C(=O)C1CC2CCC1C2)c1c(N)n(CC(C)C)c(=O)[nH]c1=O. The highest BCUT2D eigenvalue weighted by Gasteiger charge is 2.45. The van der Waals surface area contributed by atoms with Crippen molar-refractivity contribution in [1.29, 1.82) is 0 Å². The highest BCUT2D eigenvalue weighted by atomic mass is 16.5. The van der Waals surface area contributed by atoms with E-state index in [4.69, 9.17) is 10.5 Å². The van der Waals surface area contributed by atoms with E-state index in [1.807, 2.05) is 13.8 Å². The van der Waals surface area contributed by atoms with Gasteiger partial charge in [-0.1, -0.05) is 20.3 Å². The first-order valence-corrected chi connectivity index (χ1v) is 9.76. The van der Waals surface area contributed by atoms with Crippen molar-refractivity contribution in [2.45, 2.75) is 46.1 Å². The molecule has 2 bridgehead atoms. The summed E-state index contributed by atoms with van der Waals surface area (Å²) in [5, 5.41) is 0. The van der Waals surface area contributed by atoms with Crippen molar-refractivity contribution in [3.63, 3.8) is 0 Å². The maximum absolute atomic E-state index is 13.3. The number of carbonyl (C=O) groups is 1. The number of methoxy groups -OCH3 is 1. The molecule has 3 atom stereocenters. The monoisotopic (exact) mass is 378 g/mol. The molecule has 3 rings (SSSR count). The molecule has 1 amide bonds. The van der Waals surface area contributed by atoms with Crippen LogP contribution in [0.5, 0.6) is 0 Å². The molecule has 0 aliphatic heterocycles. The second-order valence-corrected chi connectivity index (χ2v) is 8.26. The van der Waals surface area contributed by atoms with Gasteiger partial charge in [-0.05, 0) is 37.0 Å². The molecule has 8 nitrogen and oxygen atoms in total. The van der Waals surface area contributed by atoms with Gasteiger partial charge >= 0.3 is 5.69 Å².